The molecule has 1 amide bonds. The number of hydrogen-bond acceptors (Lipinski definition) is 6. The zero-order valence-corrected chi connectivity index (χ0v) is 16.1. The van der Waals surface area contributed by atoms with E-state index >= 15 is 0 Å². The molecule has 2 aromatic rings. The molecule has 1 fully saturated rings. The van der Waals surface area contributed by atoms with Gasteiger partial charge in [-0.05, 0) is 32.9 Å². The van der Waals surface area contributed by atoms with Gasteiger partial charge in [-0.15, -0.1) is 11.3 Å². The average molecular weight is 376 g/mol. The van der Waals surface area contributed by atoms with Crippen molar-refractivity contribution in [2.75, 3.05) is 13.1 Å². The van der Waals surface area contributed by atoms with E-state index in [0.29, 0.717) is 19.5 Å². The van der Waals surface area contributed by atoms with E-state index in [-0.39, 0.29) is 30.5 Å². The third kappa shape index (κ3) is 4.59. The number of nitrogens with zero attached hydrogens (tertiary/aromatic N) is 2. The van der Waals surface area contributed by atoms with E-state index in [1.165, 1.54) is 0 Å². The second-order valence-corrected chi connectivity index (χ2v) is 7.82. The van der Waals surface area contributed by atoms with Crippen molar-refractivity contribution in [3.05, 3.63) is 29.3 Å². The minimum absolute atomic E-state index is 0.00960. The Morgan fingerprint density at radius 2 is 2.00 bits per heavy atom. The van der Waals surface area contributed by atoms with Crippen molar-refractivity contribution in [3.63, 3.8) is 0 Å². The fraction of sp³-hybridized carbons (Fsp3) is 0.526. The number of para-hydroxylation sites is 1. The topological polar surface area (TPSA) is 68.7 Å². The quantitative estimate of drug-likeness (QED) is 0.751. The number of carbonyl (C=O) groups excluding carboxylic acids is 2. The first-order chi connectivity index (χ1) is 12.4. The number of fused-ring (bicyclic) bond motifs is 1. The first-order valence-corrected chi connectivity index (χ1v) is 9.72. The van der Waals surface area contributed by atoms with Gasteiger partial charge in [-0.25, -0.2) is 4.98 Å². The Kier molecular flexibility index (Phi) is 5.88. The Morgan fingerprint density at radius 3 is 2.69 bits per heavy atom. The molecule has 0 bridgehead atoms. The number of morpholine rings is 1. The highest BCUT2D eigenvalue weighted by molar-refractivity contribution is 7.18. The van der Waals surface area contributed by atoms with Gasteiger partial charge in [0.1, 0.15) is 0 Å². The third-order valence-electron chi connectivity index (χ3n) is 4.27. The summed E-state index contributed by atoms with van der Waals surface area (Å²) in [6.07, 6.45) is -0.0671. The maximum absolute atomic E-state index is 12.5. The van der Waals surface area contributed by atoms with Crippen molar-refractivity contribution < 1.29 is 19.1 Å². The van der Waals surface area contributed by atoms with Crippen LogP contribution >= 0.6 is 11.3 Å². The molecule has 0 aliphatic carbocycles. The minimum Gasteiger partial charge on any atom is -0.453 e. The average Bonchev–Trinajstić information content (AvgIpc) is 3.01. The van der Waals surface area contributed by atoms with Crippen LogP contribution in [0, 0.1) is 0 Å². The molecule has 3 atom stereocenters. The summed E-state index contributed by atoms with van der Waals surface area (Å²) >= 11 is 1.58. The summed E-state index contributed by atoms with van der Waals surface area (Å²) in [7, 11) is 0. The number of carbonyl (C=O) groups is 2. The molecular weight excluding hydrogens is 352 g/mol. The molecule has 1 aromatic carbocycles. The number of aromatic nitrogens is 1. The summed E-state index contributed by atoms with van der Waals surface area (Å²) in [4.78, 5) is 30.8. The van der Waals surface area contributed by atoms with E-state index in [4.69, 9.17) is 9.47 Å². The summed E-state index contributed by atoms with van der Waals surface area (Å²) in [5, 5.41) is 0.901. The van der Waals surface area contributed by atoms with Gasteiger partial charge in [0.05, 0.1) is 33.9 Å². The number of ether oxygens (including phenoxy) is 2. The van der Waals surface area contributed by atoms with E-state index in [0.717, 1.165) is 15.2 Å². The lowest BCUT2D eigenvalue weighted by Gasteiger charge is -2.36. The SMILES string of the molecule is C[C@H]1CN(C(=O)[C@@H](C)OC(=O)CCc2nc3ccccc3s2)C[C@H](C)O1. The third-order valence-corrected chi connectivity index (χ3v) is 5.36. The number of benzene rings is 1. The van der Waals surface area contributed by atoms with E-state index in [1.807, 2.05) is 38.1 Å². The maximum atomic E-state index is 12.5. The maximum Gasteiger partial charge on any atom is 0.306 e. The number of amides is 1. The standard InChI is InChI=1S/C19H24N2O4S/c1-12-10-21(11-13(2)24-12)19(23)14(3)25-18(22)9-8-17-20-15-6-4-5-7-16(15)26-17/h4-7,12-14H,8-11H2,1-3H3/t12-,13-,14+/m0/s1. The van der Waals surface area contributed by atoms with Crippen molar-refractivity contribution in [1.82, 2.24) is 9.88 Å². The normalized spacial score (nSPS) is 21.6. The van der Waals surface area contributed by atoms with Gasteiger partial charge in [0.15, 0.2) is 6.10 Å². The van der Waals surface area contributed by atoms with E-state index < -0.39 is 6.10 Å². The van der Waals surface area contributed by atoms with Crippen LogP contribution in [0.1, 0.15) is 32.2 Å². The van der Waals surface area contributed by atoms with Crippen molar-refractivity contribution in [2.24, 2.45) is 0 Å². The molecule has 3 rings (SSSR count). The van der Waals surface area contributed by atoms with Crippen LogP contribution in [-0.2, 0) is 25.5 Å². The van der Waals surface area contributed by atoms with Gasteiger partial charge in [0, 0.05) is 19.5 Å². The molecule has 26 heavy (non-hydrogen) atoms. The Morgan fingerprint density at radius 1 is 1.31 bits per heavy atom. The summed E-state index contributed by atoms with van der Waals surface area (Å²) in [5.74, 6) is -0.542. The summed E-state index contributed by atoms with van der Waals surface area (Å²) in [5.41, 5.74) is 0.944. The van der Waals surface area contributed by atoms with Gasteiger partial charge in [0.25, 0.3) is 5.91 Å². The van der Waals surface area contributed by atoms with Gasteiger partial charge in [-0.3, -0.25) is 9.59 Å². The molecule has 140 valence electrons. The van der Waals surface area contributed by atoms with Crippen LogP contribution in [0.25, 0.3) is 10.2 Å². The lowest BCUT2D eigenvalue weighted by molar-refractivity contribution is -0.164. The van der Waals surface area contributed by atoms with Gasteiger partial charge in [-0.2, -0.15) is 0 Å². The lowest BCUT2D eigenvalue weighted by Crippen LogP contribution is -2.51. The highest BCUT2D eigenvalue weighted by atomic mass is 32.1. The second-order valence-electron chi connectivity index (χ2n) is 6.71. The Balaban J connectivity index is 1.49. The van der Waals surface area contributed by atoms with Crippen LogP contribution in [0.4, 0.5) is 0 Å². The van der Waals surface area contributed by atoms with Gasteiger partial charge in [-0.1, -0.05) is 12.1 Å². The van der Waals surface area contributed by atoms with Crippen molar-refractivity contribution >= 4 is 33.4 Å². The Labute approximate surface area is 157 Å². The highest BCUT2D eigenvalue weighted by Crippen LogP contribution is 2.22. The molecule has 1 saturated heterocycles. The van der Waals surface area contributed by atoms with Crippen LogP contribution in [0.3, 0.4) is 0 Å². The van der Waals surface area contributed by atoms with Crippen LogP contribution in [0.2, 0.25) is 0 Å². The van der Waals surface area contributed by atoms with Crippen molar-refractivity contribution in [1.29, 1.82) is 0 Å². The fourth-order valence-corrected chi connectivity index (χ4v) is 4.12. The smallest absolute Gasteiger partial charge is 0.306 e. The highest BCUT2D eigenvalue weighted by Gasteiger charge is 2.30. The lowest BCUT2D eigenvalue weighted by atomic mass is 10.2. The molecule has 6 nitrogen and oxygen atoms in total. The van der Waals surface area contributed by atoms with Crippen LogP contribution in [-0.4, -0.2) is 53.2 Å². The van der Waals surface area contributed by atoms with Gasteiger partial charge >= 0.3 is 5.97 Å². The van der Waals surface area contributed by atoms with Crippen molar-refractivity contribution in [2.45, 2.75) is 51.9 Å². The van der Waals surface area contributed by atoms with E-state index in [9.17, 15) is 9.59 Å². The molecule has 0 N–H and O–H groups in total. The first kappa shape index (κ1) is 18.8. The minimum atomic E-state index is -0.782. The zero-order chi connectivity index (χ0) is 18.7. The number of thiazole rings is 1. The molecule has 1 aliphatic rings. The summed E-state index contributed by atoms with van der Waals surface area (Å²) in [6.45, 7) is 6.55. The molecule has 7 heteroatoms. The number of aryl methyl sites for hydroxylation is 1. The monoisotopic (exact) mass is 376 g/mol. The van der Waals surface area contributed by atoms with Crippen LogP contribution in [0.5, 0.6) is 0 Å². The Hall–Kier alpha value is -1.99. The summed E-state index contributed by atoms with van der Waals surface area (Å²) < 4.78 is 12.1. The molecule has 0 saturated carbocycles. The van der Waals surface area contributed by atoms with Crippen molar-refractivity contribution in [3.8, 4) is 0 Å². The molecule has 1 aromatic heterocycles. The molecular formula is C19H24N2O4S. The van der Waals surface area contributed by atoms with Gasteiger partial charge in [0.2, 0.25) is 0 Å². The van der Waals surface area contributed by atoms with E-state index in [2.05, 4.69) is 4.98 Å². The molecule has 0 spiro atoms. The van der Waals surface area contributed by atoms with Crippen LogP contribution in [0.15, 0.2) is 24.3 Å². The number of esters is 1. The number of hydrogen-bond donors (Lipinski definition) is 0. The zero-order valence-electron chi connectivity index (χ0n) is 15.3. The summed E-state index contributed by atoms with van der Waals surface area (Å²) in [6, 6.07) is 7.89. The molecule has 1 aliphatic heterocycles. The second kappa shape index (κ2) is 8.14. The van der Waals surface area contributed by atoms with Crippen LogP contribution < -0.4 is 0 Å². The predicted molar refractivity (Wildman–Crippen MR) is 100 cm³/mol. The largest absolute Gasteiger partial charge is 0.453 e. The fourth-order valence-electron chi connectivity index (χ4n) is 3.16. The first-order valence-electron chi connectivity index (χ1n) is 8.90. The predicted octanol–water partition coefficient (Wildman–Crippen LogP) is 2.80. The molecule has 0 unspecified atom stereocenters. The number of rotatable bonds is 5. The molecule has 0 radical (unpaired) electrons. The Bertz CT molecular complexity index is 748. The van der Waals surface area contributed by atoms with Gasteiger partial charge < -0.3 is 14.4 Å². The molecule has 2 heterocycles. The van der Waals surface area contributed by atoms with E-state index in [1.54, 1.807) is 23.2 Å².